The van der Waals surface area contributed by atoms with Crippen molar-refractivity contribution in [2.45, 2.75) is 6.92 Å². The van der Waals surface area contributed by atoms with Gasteiger partial charge >= 0.3 is 5.69 Å². The molecule has 104 valence electrons. The number of benzene rings is 1. The molecule has 4 N–H and O–H groups in total. The summed E-state index contributed by atoms with van der Waals surface area (Å²) in [6, 6.07) is 8.31. The minimum Gasteiger partial charge on any atom is -0.334 e. The van der Waals surface area contributed by atoms with Gasteiger partial charge in [-0.3, -0.25) is 10.1 Å². The SMILES string of the molecule is Cc1ccc(Nc2nc(NN)ccc2[N+](=O)[O-])cc1Br. The summed E-state index contributed by atoms with van der Waals surface area (Å²) in [6.45, 7) is 1.95. The molecular formula is C12H12BrN5O2. The van der Waals surface area contributed by atoms with Crippen LogP contribution in [0.3, 0.4) is 0 Å². The second-order valence-electron chi connectivity index (χ2n) is 4.05. The number of hydrazine groups is 1. The minimum atomic E-state index is -0.501. The van der Waals surface area contributed by atoms with E-state index in [4.69, 9.17) is 5.84 Å². The molecule has 0 bridgehead atoms. The second-order valence-corrected chi connectivity index (χ2v) is 4.91. The van der Waals surface area contributed by atoms with Crippen molar-refractivity contribution in [3.05, 3.63) is 50.5 Å². The Bertz CT molecular complexity index is 662. The maximum absolute atomic E-state index is 11.0. The van der Waals surface area contributed by atoms with Crippen LogP contribution in [0.4, 0.5) is 23.0 Å². The van der Waals surface area contributed by atoms with Crippen molar-refractivity contribution in [2.24, 2.45) is 5.84 Å². The highest BCUT2D eigenvalue weighted by Crippen LogP contribution is 2.29. The molecule has 0 aliphatic carbocycles. The summed E-state index contributed by atoms with van der Waals surface area (Å²) in [7, 11) is 0. The Morgan fingerprint density at radius 2 is 2.10 bits per heavy atom. The molecule has 0 saturated carbocycles. The number of nitro groups is 1. The third-order valence-corrected chi connectivity index (χ3v) is 3.51. The molecule has 8 heteroatoms. The normalized spacial score (nSPS) is 10.2. The second kappa shape index (κ2) is 5.85. The Labute approximate surface area is 123 Å². The predicted octanol–water partition coefficient (Wildman–Crippen LogP) is 3.09. The van der Waals surface area contributed by atoms with Gasteiger partial charge in [0.1, 0.15) is 5.82 Å². The largest absolute Gasteiger partial charge is 0.334 e. The lowest BCUT2D eigenvalue weighted by Crippen LogP contribution is -2.10. The van der Waals surface area contributed by atoms with Gasteiger partial charge in [0.25, 0.3) is 0 Å². The fraction of sp³-hybridized carbons (Fsp3) is 0.0833. The molecule has 20 heavy (non-hydrogen) atoms. The number of pyridine rings is 1. The number of nitrogens with zero attached hydrogens (tertiary/aromatic N) is 2. The molecule has 1 aromatic heterocycles. The van der Waals surface area contributed by atoms with Crippen LogP contribution in [0.25, 0.3) is 0 Å². The average molecular weight is 338 g/mol. The number of hydrogen-bond donors (Lipinski definition) is 3. The Hall–Kier alpha value is -2.19. The summed E-state index contributed by atoms with van der Waals surface area (Å²) in [6.07, 6.45) is 0. The molecule has 0 spiro atoms. The van der Waals surface area contributed by atoms with Crippen LogP contribution in [0, 0.1) is 17.0 Å². The Kier molecular flexibility index (Phi) is 4.16. The van der Waals surface area contributed by atoms with Gasteiger partial charge < -0.3 is 10.7 Å². The van der Waals surface area contributed by atoms with Crippen LogP contribution in [0.2, 0.25) is 0 Å². The van der Waals surface area contributed by atoms with Crippen molar-refractivity contribution in [1.29, 1.82) is 0 Å². The zero-order valence-corrected chi connectivity index (χ0v) is 12.1. The highest BCUT2D eigenvalue weighted by atomic mass is 79.9. The lowest BCUT2D eigenvalue weighted by molar-refractivity contribution is -0.384. The van der Waals surface area contributed by atoms with Crippen molar-refractivity contribution in [1.82, 2.24) is 4.98 Å². The first-order valence-corrected chi connectivity index (χ1v) is 6.46. The molecule has 2 aromatic rings. The molecule has 1 aromatic carbocycles. The van der Waals surface area contributed by atoms with Crippen molar-refractivity contribution >= 4 is 38.9 Å². The average Bonchev–Trinajstić information content (AvgIpc) is 2.42. The summed E-state index contributed by atoms with van der Waals surface area (Å²) in [5.74, 6) is 5.73. The van der Waals surface area contributed by atoms with E-state index in [1.807, 2.05) is 25.1 Å². The Morgan fingerprint density at radius 3 is 2.70 bits per heavy atom. The van der Waals surface area contributed by atoms with Gasteiger partial charge in [-0.1, -0.05) is 22.0 Å². The van der Waals surface area contributed by atoms with Crippen LogP contribution in [0.5, 0.6) is 0 Å². The number of anilines is 3. The predicted molar refractivity (Wildman–Crippen MR) is 80.9 cm³/mol. The van der Waals surface area contributed by atoms with Crippen LogP contribution in [-0.2, 0) is 0 Å². The monoisotopic (exact) mass is 337 g/mol. The van der Waals surface area contributed by atoms with Crippen LogP contribution in [0.15, 0.2) is 34.8 Å². The fourth-order valence-corrected chi connectivity index (χ4v) is 1.96. The van der Waals surface area contributed by atoms with E-state index < -0.39 is 4.92 Å². The number of hydrogen-bond acceptors (Lipinski definition) is 6. The van der Waals surface area contributed by atoms with E-state index in [1.165, 1.54) is 12.1 Å². The summed E-state index contributed by atoms with van der Waals surface area (Å²) in [5, 5.41) is 13.9. The lowest BCUT2D eigenvalue weighted by atomic mass is 10.2. The van der Waals surface area contributed by atoms with Gasteiger partial charge in [-0.2, -0.15) is 0 Å². The molecule has 1 heterocycles. The van der Waals surface area contributed by atoms with Crippen LogP contribution >= 0.6 is 15.9 Å². The van der Waals surface area contributed by atoms with Crippen LogP contribution < -0.4 is 16.6 Å². The number of nitrogen functional groups attached to an aromatic ring is 1. The molecule has 0 saturated heterocycles. The summed E-state index contributed by atoms with van der Waals surface area (Å²) >= 11 is 3.41. The number of nitrogens with two attached hydrogens (primary N) is 1. The molecular weight excluding hydrogens is 326 g/mol. The molecule has 0 unspecified atom stereocenters. The Balaban J connectivity index is 2.40. The zero-order valence-electron chi connectivity index (χ0n) is 10.6. The first kappa shape index (κ1) is 14.2. The maximum atomic E-state index is 11.0. The molecule has 0 atom stereocenters. The third kappa shape index (κ3) is 3.03. The summed E-state index contributed by atoms with van der Waals surface area (Å²) in [4.78, 5) is 14.6. The summed E-state index contributed by atoms with van der Waals surface area (Å²) < 4.78 is 0.901. The van der Waals surface area contributed by atoms with Crippen LogP contribution in [0.1, 0.15) is 5.56 Å². The smallest absolute Gasteiger partial charge is 0.311 e. The molecule has 0 radical (unpaired) electrons. The van der Waals surface area contributed by atoms with Crippen molar-refractivity contribution in [3.8, 4) is 0 Å². The van der Waals surface area contributed by atoms with Gasteiger partial charge in [0, 0.05) is 16.2 Å². The van der Waals surface area contributed by atoms with Gasteiger partial charge in [-0.05, 0) is 30.7 Å². The van der Waals surface area contributed by atoms with E-state index in [0.29, 0.717) is 11.5 Å². The Morgan fingerprint density at radius 1 is 1.35 bits per heavy atom. The van der Waals surface area contributed by atoms with Crippen molar-refractivity contribution in [2.75, 3.05) is 10.7 Å². The number of rotatable bonds is 4. The lowest BCUT2D eigenvalue weighted by Gasteiger charge is -2.09. The number of halogens is 1. The molecule has 0 amide bonds. The molecule has 0 aliphatic heterocycles. The fourth-order valence-electron chi connectivity index (χ4n) is 1.58. The van der Waals surface area contributed by atoms with Gasteiger partial charge in [0.2, 0.25) is 5.82 Å². The number of aryl methyl sites for hydroxylation is 1. The maximum Gasteiger partial charge on any atom is 0.311 e. The quantitative estimate of drug-likeness (QED) is 0.449. The molecule has 0 fully saturated rings. The standard InChI is InChI=1S/C12H12BrN5O2/c1-7-2-3-8(6-9(7)13)15-12-10(18(19)20)4-5-11(16-12)17-14/h2-6H,14H2,1H3,(H2,15,16,17). The minimum absolute atomic E-state index is 0.124. The van der Waals surface area contributed by atoms with Gasteiger partial charge in [0.05, 0.1) is 4.92 Å². The first-order chi connectivity index (χ1) is 9.51. The molecule has 0 aliphatic rings. The topological polar surface area (TPSA) is 106 Å². The molecule has 7 nitrogen and oxygen atoms in total. The van der Waals surface area contributed by atoms with Crippen molar-refractivity contribution in [3.63, 3.8) is 0 Å². The van der Waals surface area contributed by atoms with E-state index in [1.54, 1.807) is 0 Å². The van der Waals surface area contributed by atoms with E-state index in [-0.39, 0.29) is 11.5 Å². The van der Waals surface area contributed by atoms with Crippen molar-refractivity contribution < 1.29 is 4.92 Å². The number of aromatic nitrogens is 1. The molecule has 2 rings (SSSR count). The number of nitrogens with one attached hydrogen (secondary N) is 2. The van der Waals surface area contributed by atoms with E-state index >= 15 is 0 Å². The van der Waals surface area contributed by atoms with Gasteiger partial charge in [0.15, 0.2) is 0 Å². The van der Waals surface area contributed by atoms with E-state index in [2.05, 4.69) is 31.7 Å². The first-order valence-electron chi connectivity index (χ1n) is 5.66. The third-order valence-electron chi connectivity index (χ3n) is 2.65. The highest BCUT2D eigenvalue weighted by molar-refractivity contribution is 9.10. The van der Waals surface area contributed by atoms with Gasteiger partial charge in [-0.25, -0.2) is 10.8 Å². The van der Waals surface area contributed by atoms with E-state index in [9.17, 15) is 10.1 Å². The van der Waals surface area contributed by atoms with Crippen LogP contribution in [-0.4, -0.2) is 9.91 Å². The van der Waals surface area contributed by atoms with E-state index in [0.717, 1.165) is 10.0 Å². The zero-order chi connectivity index (χ0) is 14.7. The van der Waals surface area contributed by atoms with Gasteiger partial charge in [-0.15, -0.1) is 0 Å². The highest BCUT2D eigenvalue weighted by Gasteiger charge is 2.16. The summed E-state index contributed by atoms with van der Waals surface area (Å²) in [5.41, 5.74) is 3.98.